The number of benzene rings is 1. The zero-order chi connectivity index (χ0) is 12.8. The van der Waals surface area contributed by atoms with Crippen LogP contribution in [0.2, 0.25) is 5.02 Å². The molecule has 0 amide bonds. The molecule has 0 saturated carbocycles. The van der Waals surface area contributed by atoms with Gasteiger partial charge in [-0.15, -0.1) is 0 Å². The van der Waals surface area contributed by atoms with Gasteiger partial charge in [-0.05, 0) is 12.5 Å². The molecule has 0 aliphatic heterocycles. The first-order chi connectivity index (χ1) is 8.08. The van der Waals surface area contributed by atoms with E-state index < -0.39 is 6.61 Å². The van der Waals surface area contributed by atoms with Crippen molar-refractivity contribution in [2.45, 2.75) is 26.5 Å². The van der Waals surface area contributed by atoms with Gasteiger partial charge in [0.2, 0.25) is 0 Å². The lowest BCUT2D eigenvalue weighted by atomic mass is 10.2. The van der Waals surface area contributed by atoms with Crippen LogP contribution < -0.4 is 15.2 Å². The smallest absolute Gasteiger partial charge is 0.387 e. The van der Waals surface area contributed by atoms with Gasteiger partial charge in [0.15, 0.2) is 0 Å². The molecule has 0 atom stereocenters. The number of halogens is 3. The van der Waals surface area contributed by atoms with Gasteiger partial charge in [-0.2, -0.15) is 8.78 Å². The summed E-state index contributed by atoms with van der Waals surface area (Å²) in [6.07, 6.45) is 0.792. The number of nitrogens with two attached hydrogens (primary N) is 1. The highest BCUT2D eigenvalue weighted by molar-refractivity contribution is 6.32. The van der Waals surface area contributed by atoms with Gasteiger partial charge < -0.3 is 15.2 Å². The van der Waals surface area contributed by atoms with E-state index in [1.54, 1.807) is 0 Å². The van der Waals surface area contributed by atoms with E-state index in [1.165, 1.54) is 12.1 Å². The molecule has 1 rings (SSSR count). The zero-order valence-electron chi connectivity index (χ0n) is 9.38. The van der Waals surface area contributed by atoms with Crippen molar-refractivity contribution in [1.82, 2.24) is 0 Å². The standard InChI is InChI=1S/C11H14ClF2NO2/c1-2-3-16-10-5-9(17-11(13)14)7(6-15)4-8(10)12/h4-5,11H,2-3,6,15H2,1H3. The third-order valence-corrected chi connectivity index (χ3v) is 2.31. The minimum Gasteiger partial charge on any atom is -0.492 e. The summed E-state index contributed by atoms with van der Waals surface area (Å²) >= 11 is 5.93. The second-order valence-corrected chi connectivity index (χ2v) is 3.73. The maximum atomic E-state index is 12.2. The zero-order valence-corrected chi connectivity index (χ0v) is 10.1. The molecule has 0 heterocycles. The van der Waals surface area contributed by atoms with Crippen molar-refractivity contribution in [3.05, 3.63) is 22.7 Å². The Morgan fingerprint density at radius 2 is 2.06 bits per heavy atom. The summed E-state index contributed by atoms with van der Waals surface area (Å²) in [5, 5.41) is 0.334. The van der Waals surface area contributed by atoms with E-state index in [0.717, 1.165) is 6.42 Å². The highest BCUT2D eigenvalue weighted by Crippen LogP contribution is 2.33. The Hall–Kier alpha value is -1.07. The van der Waals surface area contributed by atoms with Crippen molar-refractivity contribution >= 4 is 11.6 Å². The van der Waals surface area contributed by atoms with E-state index >= 15 is 0 Å². The summed E-state index contributed by atoms with van der Waals surface area (Å²) in [5.41, 5.74) is 5.84. The van der Waals surface area contributed by atoms with Crippen molar-refractivity contribution in [3.8, 4) is 11.5 Å². The molecule has 0 aromatic heterocycles. The second-order valence-electron chi connectivity index (χ2n) is 3.32. The van der Waals surface area contributed by atoms with Gasteiger partial charge >= 0.3 is 6.61 Å². The Labute approximate surface area is 103 Å². The molecule has 0 fully saturated rings. The molecule has 0 bridgehead atoms. The average molecular weight is 266 g/mol. The highest BCUT2D eigenvalue weighted by atomic mass is 35.5. The fourth-order valence-electron chi connectivity index (χ4n) is 1.26. The van der Waals surface area contributed by atoms with E-state index in [1.807, 2.05) is 6.92 Å². The predicted molar refractivity (Wildman–Crippen MR) is 61.8 cm³/mol. The van der Waals surface area contributed by atoms with Crippen LogP contribution in [0.5, 0.6) is 11.5 Å². The summed E-state index contributed by atoms with van der Waals surface area (Å²) in [7, 11) is 0. The van der Waals surface area contributed by atoms with Crippen molar-refractivity contribution in [2.24, 2.45) is 5.73 Å². The lowest BCUT2D eigenvalue weighted by molar-refractivity contribution is -0.0505. The first kappa shape index (κ1) is 14.0. The number of alkyl halides is 2. The van der Waals surface area contributed by atoms with Gasteiger partial charge in [0.1, 0.15) is 11.5 Å². The van der Waals surface area contributed by atoms with E-state index in [9.17, 15) is 8.78 Å². The molecule has 3 nitrogen and oxygen atoms in total. The van der Waals surface area contributed by atoms with E-state index in [2.05, 4.69) is 4.74 Å². The van der Waals surface area contributed by atoms with Gasteiger partial charge in [-0.1, -0.05) is 18.5 Å². The van der Waals surface area contributed by atoms with Crippen molar-refractivity contribution < 1.29 is 18.3 Å². The minimum atomic E-state index is -2.90. The normalized spacial score (nSPS) is 10.7. The van der Waals surface area contributed by atoms with Crippen LogP contribution in [0.25, 0.3) is 0 Å². The lowest BCUT2D eigenvalue weighted by Crippen LogP contribution is -2.08. The van der Waals surface area contributed by atoms with Crippen LogP contribution >= 0.6 is 11.6 Å². The van der Waals surface area contributed by atoms with Gasteiger partial charge in [-0.3, -0.25) is 0 Å². The topological polar surface area (TPSA) is 44.5 Å². The van der Waals surface area contributed by atoms with Gasteiger partial charge in [0, 0.05) is 18.2 Å². The minimum absolute atomic E-state index is 0.00185. The van der Waals surface area contributed by atoms with Crippen LogP contribution in [0.15, 0.2) is 12.1 Å². The van der Waals surface area contributed by atoms with Crippen LogP contribution in [0.3, 0.4) is 0 Å². The maximum Gasteiger partial charge on any atom is 0.387 e. The molecular weight excluding hydrogens is 252 g/mol. The van der Waals surface area contributed by atoms with Crippen LogP contribution in [0.1, 0.15) is 18.9 Å². The van der Waals surface area contributed by atoms with E-state index in [0.29, 0.717) is 22.9 Å². The Kier molecular flexibility index (Phi) is 5.44. The molecular formula is C11H14ClF2NO2. The first-order valence-electron chi connectivity index (χ1n) is 5.18. The lowest BCUT2D eigenvalue weighted by Gasteiger charge is -2.13. The molecule has 1 aromatic carbocycles. The second kappa shape index (κ2) is 6.61. The summed E-state index contributed by atoms with van der Waals surface area (Å²) < 4.78 is 34.0. The molecule has 6 heteroatoms. The Balaban J connectivity index is 2.99. The quantitative estimate of drug-likeness (QED) is 0.859. The fraction of sp³-hybridized carbons (Fsp3) is 0.455. The van der Waals surface area contributed by atoms with E-state index in [-0.39, 0.29) is 12.3 Å². The molecule has 0 unspecified atom stereocenters. The molecule has 0 aliphatic carbocycles. The third-order valence-electron chi connectivity index (χ3n) is 2.01. The maximum absolute atomic E-state index is 12.2. The molecule has 2 N–H and O–H groups in total. The largest absolute Gasteiger partial charge is 0.492 e. The van der Waals surface area contributed by atoms with Crippen LogP contribution in [-0.4, -0.2) is 13.2 Å². The van der Waals surface area contributed by atoms with Crippen molar-refractivity contribution in [1.29, 1.82) is 0 Å². The average Bonchev–Trinajstić information content (AvgIpc) is 2.28. The van der Waals surface area contributed by atoms with E-state index in [4.69, 9.17) is 22.1 Å². The molecule has 96 valence electrons. The Morgan fingerprint density at radius 3 is 2.59 bits per heavy atom. The summed E-state index contributed by atoms with van der Waals surface area (Å²) in [6, 6.07) is 2.82. The third kappa shape index (κ3) is 4.02. The van der Waals surface area contributed by atoms with Crippen molar-refractivity contribution in [3.63, 3.8) is 0 Å². The number of hydrogen-bond acceptors (Lipinski definition) is 3. The van der Waals surface area contributed by atoms with Crippen LogP contribution in [-0.2, 0) is 6.54 Å². The Bertz CT molecular complexity index is 375. The Morgan fingerprint density at radius 1 is 1.35 bits per heavy atom. The summed E-state index contributed by atoms with van der Waals surface area (Å²) in [5.74, 6) is 0.319. The summed E-state index contributed by atoms with van der Waals surface area (Å²) in [4.78, 5) is 0. The van der Waals surface area contributed by atoms with Gasteiger partial charge in [0.05, 0.1) is 11.6 Å². The summed E-state index contributed by atoms with van der Waals surface area (Å²) in [6.45, 7) is -0.454. The molecule has 0 radical (unpaired) electrons. The highest BCUT2D eigenvalue weighted by Gasteiger charge is 2.13. The van der Waals surface area contributed by atoms with Crippen molar-refractivity contribution in [2.75, 3.05) is 6.61 Å². The number of ether oxygens (including phenoxy) is 2. The van der Waals surface area contributed by atoms with Crippen LogP contribution in [0.4, 0.5) is 8.78 Å². The first-order valence-corrected chi connectivity index (χ1v) is 5.56. The molecule has 17 heavy (non-hydrogen) atoms. The fourth-order valence-corrected chi connectivity index (χ4v) is 1.50. The number of rotatable bonds is 6. The molecule has 0 aliphatic rings. The van der Waals surface area contributed by atoms with Crippen LogP contribution in [0, 0.1) is 0 Å². The molecule has 1 aromatic rings. The predicted octanol–water partition coefficient (Wildman–Crippen LogP) is 3.19. The molecule has 0 saturated heterocycles. The molecule has 0 spiro atoms. The monoisotopic (exact) mass is 265 g/mol. The number of hydrogen-bond donors (Lipinski definition) is 1. The SMILES string of the molecule is CCCOc1cc(OC(F)F)c(CN)cc1Cl. The van der Waals surface area contributed by atoms with Gasteiger partial charge in [-0.25, -0.2) is 0 Å². The van der Waals surface area contributed by atoms with Gasteiger partial charge in [0.25, 0.3) is 0 Å².